The molecule has 0 fully saturated rings. The third-order valence-electron chi connectivity index (χ3n) is 4.95. The van der Waals surface area contributed by atoms with Crippen molar-refractivity contribution in [3.8, 4) is 17.1 Å². The molecule has 2 N–H and O–H groups in total. The zero-order chi connectivity index (χ0) is 19.5. The quantitative estimate of drug-likeness (QED) is 0.495. The van der Waals surface area contributed by atoms with Crippen molar-refractivity contribution in [1.82, 2.24) is 29.5 Å². The SMILES string of the molecule is C[C@@H](c1ccc(-n2cncn2)cc1)[NH+](C)Cn1[nH]c(-c2ccccc2)nc1=S. The standard InChI is InChI=1S/C20H21N7S/c1-15(16-8-10-18(11-9-16)26-13-21-12-22-26)25(2)14-27-20(28)23-19(24-27)17-6-4-3-5-7-17/h3-13,15H,14H2,1-2H3,(H,23,24,28)/p+1/t15-/m0/s1. The molecular weight excluding hydrogens is 370 g/mol. The summed E-state index contributed by atoms with van der Waals surface area (Å²) in [5.74, 6) is 0.795. The Labute approximate surface area is 168 Å². The molecule has 2 atom stereocenters. The first-order valence-corrected chi connectivity index (χ1v) is 9.52. The molecule has 2 aromatic heterocycles. The second kappa shape index (κ2) is 7.87. The number of aromatic nitrogens is 6. The Hall–Kier alpha value is -3.10. The molecule has 28 heavy (non-hydrogen) atoms. The van der Waals surface area contributed by atoms with Crippen LogP contribution in [0.15, 0.2) is 67.3 Å². The maximum absolute atomic E-state index is 5.45. The van der Waals surface area contributed by atoms with Crippen LogP contribution >= 0.6 is 12.2 Å². The Morgan fingerprint density at radius 3 is 2.54 bits per heavy atom. The zero-order valence-electron chi connectivity index (χ0n) is 15.8. The van der Waals surface area contributed by atoms with Crippen LogP contribution in [0.4, 0.5) is 0 Å². The van der Waals surface area contributed by atoms with E-state index in [4.69, 9.17) is 12.2 Å². The lowest BCUT2D eigenvalue weighted by Gasteiger charge is -2.22. The first-order chi connectivity index (χ1) is 13.6. The highest BCUT2D eigenvalue weighted by atomic mass is 32.1. The smallest absolute Gasteiger partial charge is 0.221 e. The van der Waals surface area contributed by atoms with Crippen LogP contribution in [0.2, 0.25) is 0 Å². The van der Waals surface area contributed by atoms with Gasteiger partial charge in [-0.25, -0.2) is 14.3 Å². The van der Waals surface area contributed by atoms with Gasteiger partial charge in [-0.1, -0.05) is 42.5 Å². The fourth-order valence-electron chi connectivity index (χ4n) is 3.12. The van der Waals surface area contributed by atoms with Gasteiger partial charge in [-0.3, -0.25) is 5.10 Å². The van der Waals surface area contributed by atoms with E-state index in [1.165, 1.54) is 16.8 Å². The number of rotatable bonds is 6. The van der Waals surface area contributed by atoms with Gasteiger partial charge in [0.25, 0.3) is 0 Å². The molecule has 0 aliphatic rings. The van der Waals surface area contributed by atoms with Crippen molar-refractivity contribution in [1.29, 1.82) is 0 Å². The molecule has 0 bridgehead atoms. The lowest BCUT2D eigenvalue weighted by Crippen LogP contribution is -3.08. The zero-order valence-corrected chi connectivity index (χ0v) is 16.6. The molecule has 0 radical (unpaired) electrons. The Morgan fingerprint density at radius 1 is 1.11 bits per heavy atom. The van der Waals surface area contributed by atoms with Crippen molar-refractivity contribution in [2.45, 2.75) is 19.6 Å². The van der Waals surface area contributed by atoms with E-state index < -0.39 is 0 Å². The number of aromatic amines is 1. The number of H-pyrrole nitrogens is 1. The van der Waals surface area contributed by atoms with Crippen molar-refractivity contribution in [3.05, 3.63) is 77.6 Å². The van der Waals surface area contributed by atoms with Gasteiger partial charge in [0.2, 0.25) is 4.77 Å². The average Bonchev–Trinajstić information content (AvgIpc) is 3.39. The second-order valence-electron chi connectivity index (χ2n) is 6.81. The van der Waals surface area contributed by atoms with E-state index in [-0.39, 0.29) is 6.04 Å². The molecule has 0 saturated carbocycles. The number of nitrogens with one attached hydrogen (secondary N) is 2. The first-order valence-electron chi connectivity index (χ1n) is 9.11. The summed E-state index contributed by atoms with van der Waals surface area (Å²) in [6.07, 6.45) is 3.23. The average molecular weight is 393 g/mol. The summed E-state index contributed by atoms with van der Waals surface area (Å²) in [5, 5.41) is 7.49. The highest BCUT2D eigenvalue weighted by Crippen LogP contribution is 2.15. The van der Waals surface area contributed by atoms with Crippen molar-refractivity contribution in [2.75, 3.05) is 7.05 Å². The van der Waals surface area contributed by atoms with Gasteiger partial charge in [0, 0.05) is 11.1 Å². The van der Waals surface area contributed by atoms with E-state index in [2.05, 4.69) is 58.4 Å². The molecule has 8 heteroatoms. The molecule has 2 heterocycles. The maximum Gasteiger partial charge on any atom is 0.221 e. The Morgan fingerprint density at radius 2 is 1.86 bits per heavy atom. The molecular formula is C20H22N7S+. The number of nitrogens with zero attached hydrogens (tertiary/aromatic N) is 5. The van der Waals surface area contributed by atoms with Gasteiger partial charge < -0.3 is 4.90 Å². The third-order valence-corrected chi connectivity index (χ3v) is 5.26. The largest absolute Gasteiger partial charge is 0.313 e. The summed E-state index contributed by atoms with van der Waals surface area (Å²) in [6, 6.07) is 18.7. The van der Waals surface area contributed by atoms with Crippen molar-refractivity contribution < 1.29 is 4.90 Å². The van der Waals surface area contributed by atoms with E-state index in [1.807, 2.05) is 35.0 Å². The lowest BCUT2D eigenvalue weighted by atomic mass is 10.1. The fourth-order valence-corrected chi connectivity index (χ4v) is 3.32. The minimum atomic E-state index is 0.287. The predicted molar refractivity (Wildman–Crippen MR) is 110 cm³/mol. The van der Waals surface area contributed by atoms with Gasteiger partial charge in [-0.2, -0.15) is 10.1 Å². The molecule has 0 aliphatic carbocycles. The summed E-state index contributed by atoms with van der Waals surface area (Å²) in [5.41, 5.74) is 3.27. The van der Waals surface area contributed by atoms with Gasteiger partial charge >= 0.3 is 0 Å². The van der Waals surface area contributed by atoms with Crippen LogP contribution in [0, 0.1) is 4.77 Å². The fraction of sp³-hybridized carbons (Fsp3) is 0.200. The van der Waals surface area contributed by atoms with E-state index in [1.54, 1.807) is 11.0 Å². The Kier molecular flexibility index (Phi) is 5.14. The number of benzene rings is 2. The third kappa shape index (κ3) is 3.78. The minimum absolute atomic E-state index is 0.287. The second-order valence-corrected chi connectivity index (χ2v) is 7.17. The maximum atomic E-state index is 5.45. The summed E-state index contributed by atoms with van der Waals surface area (Å²) in [7, 11) is 2.15. The number of hydrogen-bond donors (Lipinski definition) is 2. The topological polar surface area (TPSA) is 68.8 Å². The Balaban J connectivity index is 1.48. The summed E-state index contributed by atoms with van der Waals surface area (Å²) < 4.78 is 4.24. The van der Waals surface area contributed by atoms with Crippen molar-refractivity contribution >= 4 is 12.2 Å². The van der Waals surface area contributed by atoms with Crippen LogP contribution in [-0.4, -0.2) is 36.6 Å². The summed E-state index contributed by atoms with van der Waals surface area (Å²) in [6.45, 7) is 2.91. The van der Waals surface area contributed by atoms with Crippen molar-refractivity contribution in [3.63, 3.8) is 0 Å². The molecule has 1 unspecified atom stereocenters. The van der Waals surface area contributed by atoms with Crippen LogP contribution in [-0.2, 0) is 6.67 Å². The van der Waals surface area contributed by atoms with Gasteiger partial charge in [0.1, 0.15) is 18.7 Å². The summed E-state index contributed by atoms with van der Waals surface area (Å²) in [4.78, 5) is 9.79. The van der Waals surface area contributed by atoms with E-state index >= 15 is 0 Å². The lowest BCUT2D eigenvalue weighted by molar-refractivity contribution is -0.933. The normalized spacial score (nSPS) is 13.4. The van der Waals surface area contributed by atoms with Gasteiger partial charge in [-0.15, -0.1) is 0 Å². The highest BCUT2D eigenvalue weighted by molar-refractivity contribution is 7.71. The Bertz CT molecular complexity index is 1080. The van der Waals surface area contributed by atoms with Gasteiger partial charge in [-0.05, 0) is 31.3 Å². The predicted octanol–water partition coefficient (Wildman–Crippen LogP) is 2.42. The van der Waals surface area contributed by atoms with E-state index in [0.29, 0.717) is 11.4 Å². The minimum Gasteiger partial charge on any atom is -0.313 e. The molecule has 7 nitrogen and oxygen atoms in total. The van der Waals surface area contributed by atoms with Gasteiger partial charge in [0.15, 0.2) is 12.5 Å². The van der Waals surface area contributed by atoms with Crippen LogP contribution < -0.4 is 4.90 Å². The number of quaternary nitrogens is 1. The number of hydrogen-bond acceptors (Lipinski definition) is 4. The molecule has 0 spiro atoms. The van der Waals surface area contributed by atoms with E-state index in [0.717, 1.165) is 17.1 Å². The van der Waals surface area contributed by atoms with Crippen LogP contribution in [0.5, 0.6) is 0 Å². The first kappa shape index (κ1) is 18.3. The monoisotopic (exact) mass is 392 g/mol. The summed E-state index contributed by atoms with van der Waals surface area (Å²) >= 11 is 5.45. The van der Waals surface area contributed by atoms with Crippen LogP contribution in [0.3, 0.4) is 0 Å². The molecule has 0 aliphatic heterocycles. The molecule has 0 amide bonds. The molecule has 4 aromatic rings. The molecule has 4 rings (SSSR count). The molecule has 142 valence electrons. The van der Waals surface area contributed by atoms with E-state index in [9.17, 15) is 0 Å². The van der Waals surface area contributed by atoms with Gasteiger partial charge in [0.05, 0.1) is 12.7 Å². The van der Waals surface area contributed by atoms with Crippen LogP contribution in [0.25, 0.3) is 17.1 Å². The van der Waals surface area contributed by atoms with Crippen LogP contribution in [0.1, 0.15) is 18.5 Å². The molecule has 0 saturated heterocycles. The van der Waals surface area contributed by atoms with Crippen molar-refractivity contribution in [2.24, 2.45) is 0 Å². The highest BCUT2D eigenvalue weighted by Gasteiger charge is 2.17. The molecule has 2 aromatic carbocycles.